The number of nitrogens with one attached hydrogen (secondary N) is 1. The zero-order valence-electron chi connectivity index (χ0n) is 12.8. The fourth-order valence-corrected chi connectivity index (χ4v) is 2.95. The number of rotatable bonds is 5. The minimum Gasteiger partial charge on any atom is -0.367 e. The summed E-state index contributed by atoms with van der Waals surface area (Å²) in [5.41, 5.74) is 2.96. The highest BCUT2D eigenvalue weighted by molar-refractivity contribution is 5.56. The second-order valence-corrected chi connectivity index (χ2v) is 6.49. The Kier molecular flexibility index (Phi) is 4.87. The molecule has 0 aliphatic carbocycles. The highest BCUT2D eigenvalue weighted by Crippen LogP contribution is 2.30. The molecular formula is C17H28N2. The van der Waals surface area contributed by atoms with Crippen molar-refractivity contribution in [2.24, 2.45) is 11.8 Å². The molecule has 2 nitrogen and oxygen atoms in total. The van der Waals surface area contributed by atoms with Gasteiger partial charge in [-0.3, -0.25) is 0 Å². The van der Waals surface area contributed by atoms with E-state index in [0.29, 0.717) is 6.04 Å². The standard InChI is InChI=1S/C17H28N2/c1-13(2)10-18-11-15(4)19-12-14(3)9-16-7-5-6-8-17(16)19/h5-8,13-15,18H,9-12H2,1-4H3. The molecule has 2 rings (SSSR count). The minimum absolute atomic E-state index is 0.558. The van der Waals surface area contributed by atoms with Gasteiger partial charge >= 0.3 is 0 Å². The molecule has 1 aliphatic rings. The topological polar surface area (TPSA) is 15.3 Å². The van der Waals surface area contributed by atoms with Crippen molar-refractivity contribution in [3.63, 3.8) is 0 Å². The molecule has 0 aromatic heterocycles. The zero-order valence-corrected chi connectivity index (χ0v) is 12.8. The number of fused-ring (bicyclic) bond motifs is 1. The van der Waals surface area contributed by atoms with Crippen molar-refractivity contribution in [3.05, 3.63) is 29.8 Å². The molecule has 1 aliphatic heterocycles. The summed E-state index contributed by atoms with van der Waals surface area (Å²) in [5.74, 6) is 1.47. The molecule has 0 amide bonds. The average Bonchev–Trinajstić information content (AvgIpc) is 2.37. The van der Waals surface area contributed by atoms with E-state index in [1.165, 1.54) is 24.2 Å². The SMILES string of the molecule is CC(C)CNCC(C)N1CC(C)Cc2ccccc21. The van der Waals surface area contributed by atoms with Crippen LogP contribution in [0.25, 0.3) is 0 Å². The number of hydrogen-bond acceptors (Lipinski definition) is 2. The molecule has 1 aromatic rings. The largest absolute Gasteiger partial charge is 0.367 e. The first-order valence-corrected chi connectivity index (χ1v) is 7.63. The van der Waals surface area contributed by atoms with E-state index in [0.717, 1.165) is 24.9 Å². The second-order valence-electron chi connectivity index (χ2n) is 6.49. The number of nitrogens with zero attached hydrogens (tertiary/aromatic N) is 1. The Morgan fingerprint density at radius 3 is 2.68 bits per heavy atom. The van der Waals surface area contributed by atoms with Crippen LogP contribution in [0.1, 0.15) is 33.3 Å². The maximum Gasteiger partial charge on any atom is 0.0401 e. The van der Waals surface area contributed by atoms with E-state index in [4.69, 9.17) is 0 Å². The third-order valence-corrected chi connectivity index (χ3v) is 3.90. The lowest BCUT2D eigenvalue weighted by molar-refractivity contribution is 0.462. The molecule has 1 aromatic carbocycles. The molecule has 0 bridgehead atoms. The Morgan fingerprint density at radius 2 is 1.95 bits per heavy atom. The van der Waals surface area contributed by atoms with Gasteiger partial charge in [0.15, 0.2) is 0 Å². The maximum atomic E-state index is 3.59. The Labute approximate surface area is 118 Å². The van der Waals surface area contributed by atoms with Crippen LogP contribution in [0.3, 0.4) is 0 Å². The van der Waals surface area contributed by atoms with Crippen LogP contribution in [-0.4, -0.2) is 25.7 Å². The third-order valence-electron chi connectivity index (χ3n) is 3.90. The van der Waals surface area contributed by atoms with E-state index in [1.807, 2.05) is 0 Å². The molecule has 106 valence electrons. The van der Waals surface area contributed by atoms with Crippen LogP contribution in [0, 0.1) is 11.8 Å². The van der Waals surface area contributed by atoms with Gasteiger partial charge in [-0.25, -0.2) is 0 Å². The van der Waals surface area contributed by atoms with E-state index in [2.05, 4.69) is 62.2 Å². The Balaban J connectivity index is 2.03. The van der Waals surface area contributed by atoms with E-state index >= 15 is 0 Å². The van der Waals surface area contributed by atoms with Gasteiger partial charge in [0.1, 0.15) is 0 Å². The van der Waals surface area contributed by atoms with Crippen LogP contribution >= 0.6 is 0 Å². The molecular weight excluding hydrogens is 232 g/mol. The molecule has 0 radical (unpaired) electrons. The van der Waals surface area contributed by atoms with E-state index < -0.39 is 0 Å². The van der Waals surface area contributed by atoms with E-state index in [9.17, 15) is 0 Å². The number of hydrogen-bond donors (Lipinski definition) is 1. The van der Waals surface area contributed by atoms with Crippen molar-refractivity contribution in [2.45, 2.75) is 40.2 Å². The zero-order chi connectivity index (χ0) is 13.8. The lowest BCUT2D eigenvalue weighted by Gasteiger charge is -2.39. The Morgan fingerprint density at radius 1 is 1.21 bits per heavy atom. The van der Waals surface area contributed by atoms with Crippen LogP contribution in [0.4, 0.5) is 5.69 Å². The van der Waals surface area contributed by atoms with Gasteiger partial charge in [0.25, 0.3) is 0 Å². The third kappa shape index (κ3) is 3.73. The number of anilines is 1. The molecule has 0 saturated carbocycles. The predicted molar refractivity (Wildman–Crippen MR) is 83.8 cm³/mol. The molecule has 0 fully saturated rings. The summed E-state index contributed by atoms with van der Waals surface area (Å²) in [6, 6.07) is 9.45. The number of para-hydroxylation sites is 1. The van der Waals surface area contributed by atoms with Crippen LogP contribution in [0.15, 0.2) is 24.3 Å². The molecule has 1 heterocycles. The lowest BCUT2D eigenvalue weighted by atomic mass is 9.93. The van der Waals surface area contributed by atoms with Gasteiger partial charge in [0.2, 0.25) is 0 Å². The first-order chi connectivity index (χ1) is 9.08. The van der Waals surface area contributed by atoms with Crippen LogP contribution in [-0.2, 0) is 6.42 Å². The van der Waals surface area contributed by atoms with Crippen LogP contribution in [0.2, 0.25) is 0 Å². The van der Waals surface area contributed by atoms with Crippen molar-refractivity contribution in [3.8, 4) is 0 Å². The van der Waals surface area contributed by atoms with Crippen molar-refractivity contribution in [1.82, 2.24) is 5.32 Å². The Bertz CT molecular complexity index is 400. The summed E-state index contributed by atoms with van der Waals surface area (Å²) < 4.78 is 0. The first kappa shape index (κ1) is 14.4. The van der Waals surface area contributed by atoms with Crippen molar-refractivity contribution >= 4 is 5.69 Å². The van der Waals surface area contributed by atoms with Crippen molar-refractivity contribution in [1.29, 1.82) is 0 Å². The van der Waals surface area contributed by atoms with Crippen molar-refractivity contribution in [2.75, 3.05) is 24.5 Å². The molecule has 0 saturated heterocycles. The normalized spacial score (nSPS) is 20.5. The second kappa shape index (κ2) is 6.42. The smallest absolute Gasteiger partial charge is 0.0401 e. The fraction of sp³-hybridized carbons (Fsp3) is 0.647. The average molecular weight is 260 g/mol. The summed E-state index contributed by atoms with van der Waals surface area (Å²) in [7, 11) is 0. The monoisotopic (exact) mass is 260 g/mol. The van der Waals surface area contributed by atoms with E-state index in [-0.39, 0.29) is 0 Å². The van der Waals surface area contributed by atoms with Gasteiger partial charge in [-0.15, -0.1) is 0 Å². The van der Waals surface area contributed by atoms with Gasteiger partial charge in [-0.05, 0) is 43.4 Å². The van der Waals surface area contributed by atoms with Gasteiger partial charge in [0.05, 0.1) is 0 Å². The van der Waals surface area contributed by atoms with Crippen LogP contribution in [0.5, 0.6) is 0 Å². The molecule has 2 heteroatoms. The summed E-state index contributed by atoms with van der Waals surface area (Å²) in [5, 5.41) is 3.59. The summed E-state index contributed by atoms with van der Waals surface area (Å²) >= 11 is 0. The van der Waals surface area contributed by atoms with Crippen molar-refractivity contribution < 1.29 is 0 Å². The van der Waals surface area contributed by atoms with Crippen LogP contribution < -0.4 is 10.2 Å². The Hall–Kier alpha value is -1.02. The predicted octanol–water partition coefficient (Wildman–Crippen LogP) is 3.32. The van der Waals surface area contributed by atoms with E-state index in [1.54, 1.807) is 0 Å². The molecule has 2 atom stereocenters. The highest BCUT2D eigenvalue weighted by atomic mass is 15.2. The number of benzene rings is 1. The summed E-state index contributed by atoms with van der Waals surface area (Å²) in [4.78, 5) is 2.58. The van der Waals surface area contributed by atoms with Gasteiger partial charge in [0, 0.05) is 24.8 Å². The molecule has 19 heavy (non-hydrogen) atoms. The molecule has 2 unspecified atom stereocenters. The quantitative estimate of drug-likeness (QED) is 0.873. The maximum absolute atomic E-state index is 3.59. The fourth-order valence-electron chi connectivity index (χ4n) is 2.95. The molecule has 1 N–H and O–H groups in total. The summed E-state index contributed by atoms with van der Waals surface area (Å²) in [6.45, 7) is 12.6. The summed E-state index contributed by atoms with van der Waals surface area (Å²) in [6.07, 6.45) is 1.22. The highest BCUT2D eigenvalue weighted by Gasteiger charge is 2.24. The first-order valence-electron chi connectivity index (χ1n) is 7.63. The lowest BCUT2D eigenvalue weighted by Crippen LogP contribution is -2.45. The van der Waals surface area contributed by atoms with Gasteiger partial charge < -0.3 is 10.2 Å². The molecule has 0 spiro atoms. The van der Waals surface area contributed by atoms with Gasteiger partial charge in [-0.1, -0.05) is 39.0 Å². The van der Waals surface area contributed by atoms with Gasteiger partial charge in [-0.2, -0.15) is 0 Å². The minimum atomic E-state index is 0.558.